The molecule has 460 valence electrons. The van der Waals surface area contributed by atoms with Crippen LogP contribution < -0.4 is 5.32 Å². The number of nitrogens with zero attached hydrogens (tertiary/aromatic N) is 1. The van der Waals surface area contributed by atoms with Crippen LogP contribution in [0.25, 0.3) is 0 Å². The number of aliphatic hydroxyl groups excluding tert-OH is 1. The summed E-state index contributed by atoms with van der Waals surface area (Å²) in [7, 11) is 1.60. The molecule has 0 heterocycles. The van der Waals surface area contributed by atoms with E-state index >= 15 is 0 Å². The first kappa shape index (κ1) is 76.2. The molecule has 8 nitrogen and oxygen atoms in total. The molecule has 0 radical (unpaired) electrons. The zero-order valence-corrected chi connectivity index (χ0v) is 53.6. The van der Waals surface area contributed by atoms with E-state index in [1.54, 1.807) is 6.08 Å². The summed E-state index contributed by atoms with van der Waals surface area (Å²) >= 11 is 0. The number of allylic oxidation sites excluding steroid dienone is 1. The predicted octanol–water partition coefficient (Wildman–Crippen LogP) is 21.7. The number of carbonyl (C=O) groups excluding carboxylic acids is 1. The van der Waals surface area contributed by atoms with Gasteiger partial charge in [0.25, 0.3) is 0 Å². The Morgan fingerprint density at radius 3 is 0.961 bits per heavy atom. The van der Waals surface area contributed by atoms with E-state index < -0.39 is 20.0 Å². The minimum absolute atomic E-state index is 0.0655. The van der Waals surface area contributed by atoms with E-state index in [2.05, 4.69) is 19.2 Å². The smallest absolute Gasteiger partial charge is 0.387 e. The standard InChI is InChI=1S/C68H137N2O6P/c1-6-8-10-12-14-16-18-20-22-24-26-28-30-32-33-34-35-36-38-39-41-43-45-47-49-51-53-55-57-59-61-67(71)66(65-76-77(73,74)75-64-63-70(3,4)5)69-68(72)62-60-58-56-54-52-50-48-46-44-42-40-37-31-29-27-25-23-21-19-17-15-13-11-9-7-2/h59,61,66-67,71H,6-58,60,62-65H2,1-5H3,(H-,69,72,73,74)/p+1/b61-59+. The molecule has 0 saturated carbocycles. The van der Waals surface area contributed by atoms with Crippen molar-refractivity contribution in [3.63, 3.8) is 0 Å². The summed E-state index contributed by atoms with van der Waals surface area (Å²) in [4.78, 5) is 23.4. The fourth-order valence-electron chi connectivity index (χ4n) is 10.9. The topological polar surface area (TPSA) is 105 Å². The second kappa shape index (κ2) is 59.8. The van der Waals surface area contributed by atoms with Gasteiger partial charge in [0.15, 0.2) is 0 Å². The normalized spacial score (nSPS) is 13.7. The van der Waals surface area contributed by atoms with Gasteiger partial charge in [-0.15, -0.1) is 0 Å². The van der Waals surface area contributed by atoms with Crippen LogP contribution in [0.5, 0.6) is 0 Å². The Labute approximate surface area is 482 Å². The van der Waals surface area contributed by atoms with Crippen LogP contribution in [0.1, 0.15) is 367 Å². The summed E-state index contributed by atoms with van der Waals surface area (Å²) in [5.41, 5.74) is 0. The molecule has 0 aromatic heterocycles. The van der Waals surface area contributed by atoms with Crippen molar-refractivity contribution in [2.45, 2.75) is 379 Å². The Bertz CT molecular complexity index is 1260. The van der Waals surface area contributed by atoms with Crippen molar-refractivity contribution in [1.29, 1.82) is 0 Å². The largest absolute Gasteiger partial charge is 0.472 e. The number of carbonyl (C=O) groups is 1. The third-order valence-electron chi connectivity index (χ3n) is 16.3. The minimum Gasteiger partial charge on any atom is -0.387 e. The Kier molecular flexibility index (Phi) is 59.3. The van der Waals surface area contributed by atoms with E-state index in [1.807, 2.05) is 27.2 Å². The number of unbranched alkanes of at least 4 members (excludes halogenated alkanes) is 52. The molecule has 1 amide bonds. The fraction of sp³-hybridized carbons (Fsp3) is 0.956. The van der Waals surface area contributed by atoms with Crippen molar-refractivity contribution < 1.29 is 32.9 Å². The third kappa shape index (κ3) is 62.7. The molecule has 9 heteroatoms. The molecule has 0 aromatic rings. The average Bonchev–Trinajstić information content (AvgIpc) is 3.39. The summed E-state index contributed by atoms with van der Waals surface area (Å²) in [6.07, 6.45) is 76.4. The highest BCUT2D eigenvalue weighted by molar-refractivity contribution is 7.47. The average molecular weight is 1110 g/mol. The lowest BCUT2D eigenvalue weighted by Crippen LogP contribution is -2.45. The number of amides is 1. The number of likely N-dealkylation sites (N-methyl/N-ethyl adjacent to an activating group) is 1. The quantitative estimate of drug-likeness (QED) is 0.0243. The molecular weight excluding hydrogens is 972 g/mol. The summed E-state index contributed by atoms with van der Waals surface area (Å²) in [6, 6.07) is -0.843. The summed E-state index contributed by atoms with van der Waals surface area (Å²) in [5.74, 6) is -0.167. The van der Waals surface area contributed by atoms with E-state index in [-0.39, 0.29) is 19.1 Å². The molecule has 0 aliphatic carbocycles. The van der Waals surface area contributed by atoms with Gasteiger partial charge in [0.1, 0.15) is 13.2 Å². The van der Waals surface area contributed by atoms with E-state index in [0.717, 1.165) is 32.1 Å². The Morgan fingerprint density at radius 1 is 0.429 bits per heavy atom. The maximum Gasteiger partial charge on any atom is 0.472 e. The van der Waals surface area contributed by atoms with Crippen LogP contribution >= 0.6 is 7.82 Å². The number of phosphoric acid groups is 1. The van der Waals surface area contributed by atoms with Gasteiger partial charge in [-0.05, 0) is 19.3 Å². The van der Waals surface area contributed by atoms with Crippen LogP contribution in [0.2, 0.25) is 0 Å². The summed E-state index contributed by atoms with van der Waals surface area (Å²) in [6.45, 7) is 4.89. The first-order valence-corrected chi connectivity index (χ1v) is 36.1. The van der Waals surface area contributed by atoms with Crippen molar-refractivity contribution in [2.24, 2.45) is 0 Å². The molecule has 0 rings (SSSR count). The summed E-state index contributed by atoms with van der Waals surface area (Å²) < 4.78 is 23.8. The van der Waals surface area contributed by atoms with Gasteiger partial charge in [-0.3, -0.25) is 13.8 Å². The van der Waals surface area contributed by atoms with Gasteiger partial charge in [-0.25, -0.2) is 4.57 Å². The van der Waals surface area contributed by atoms with Crippen molar-refractivity contribution in [3.05, 3.63) is 12.2 Å². The maximum atomic E-state index is 13.0. The van der Waals surface area contributed by atoms with E-state index in [9.17, 15) is 19.4 Å². The first-order valence-electron chi connectivity index (χ1n) is 34.6. The van der Waals surface area contributed by atoms with Gasteiger partial charge < -0.3 is 19.8 Å². The fourth-order valence-corrected chi connectivity index (χ4v) is 11.6. The number of hydrogen-bond acceptors (Lipinski definition) is 5. The molecular formula is C68H138N2O6P+. The van der Waals surface area contributed by atoms with Crippen molar-refractivity contribution in [2.75, 3.05) is 40.9 Å². The molecule has 0 spiro atoms. The lowest BCUT2D eigenvalue weighted by Gasteiger charge is -2.25. The van der Waals surface area contributed by atoms with Crippen LogP contribution in [0.3, 0.4) is 0 Å². The maximum absolute atomic E-state index is 13.0. The highest BCUT2D eigenvalue weighted by Gasteiger charge is 2.28. The zero-order valence-electron chi connectivity index (χ0n) is 52.7. The molecule has 77 heavy (non-hydrogen) atoms. The Hall–Kier alpha value is -0.760. The second-order valence-electron chi connectivity index (χ2n) is 25.3. The molecule has 3 unspecified atom stereocenters. The van der Waals surface area contributed by atoms with Crippen molar-refractivity contribution >= 4 is 13.7 Å². The number of aliphatic hydroxyl groups is 1. The molecule has 0 aromatic carbocycles. The SMILES string of the molecule is CCCCCCCCCCCCCCCCCCCCCCCCCCCCCC/C=C/C(O)C(COP(=O)(O)OCC[N+](C)(C)C)NC(=O)CCCCCCCCCCCCCCCCCCCCCCCCCCC. The van der Waals surface area contributed by atoms with E-state index in [0.29, 0.717) is 17.4 Å². The van der Waals surface area contributed by atoms with Crippen LogP contribution in [0, 0.1) is 0 Å². The molecule has 0 saturated heterocycles. The molecule has 0 aliphatic heterocycles. The van der Waals surface area contributed by atoms with Gasteiger partial charge in [-0.2, -0.15) is 0 Å². The number of quaternary nitrogens is 1. The lowest BCUT2D eigenvalue weighted by atomic mass is 10.0. The molecule has 0 bridgehead atoms. The second-order valence-corrected chi connectivity index (χ2v) is 26.7. The predicted molar refractivity (Wildman–Crippen MR) is 337 cm³/mol. The highest BCUT2D eigenvalue weighted by Crippen LogP contribution is 2.43. The van der Waals surface area contributed by atoms with Gasteiger partial charge in [0.05, 0.1) is 39.9 Å². The highest BCUT2D eigenvalue weighted by atomic mass is 31.2. The number of phosphoric ester groups is 1. The first-order chi connectivity index (χ1) is 37.5. The van der Waals surface area contributed by atoms with Crippen LogP contribution in [0.4, 0.5) is 0 Å². The molecule has 0 fully saturated rings. The van der Waals surface area contributed by atoms with Gasteiger partial charge in [-0.1, -0.05) is 353 Å². The third-order valence-corrected chi connectivity index (χ3v) is 17.2. The number of hydrogen-bond donors (Lipinski definition) is 3. The van der Waals surface area contributed by atoms with E-state index in [4.69, 9.17) is 9.05 Å². The monoisotopic (exact) mass is 1110 g/mol. The van der Waals surface area contributed by atoms with Crippen molar-refractivity contribution in [3.8, 4) is 0 Å². The van der Waals surface area contributed by atoms with Crippen molar-refractivity contribution in [1.82, 2.24) is 5.32 Å². The van der Waals surface area contributed by atoms with Gasteiger partial charge in [0.2, 0.25) is 5.91 Å². The summed E-state index contributed by atoms with van der Waals surface area (Å²) in [5, 5.41) is 14.0. The minimum atomic E-state index is -4.35. The van der Waals surface area contributed by atoms with Gasteiger partial charge >= 0.3 is 7.82 Å². The van der Waals surface area contributed by atoms with E-state index in [1.165, 1.54) is 315 Å². The molecule has 3 N–H and O–H groups in total. The number of rotatable bonds is 65. The zero-order chi connectivity index (χ0) is 56.3. The Morgan fingerprint density at radius 2 is 0.688 bits per heavy atom. The molecule has 0 aliphatic rings. The van der Waals surface area contributed by atoms with Crippen LogP contribution in [0.15, 0.2) is 12.2 Å². The molecule has 3 atom stereocenters. The lowest BCUT2D eigenvalue weighted by molar-refractivity contribution is -0.870. The number of nitrogens with one attached hydrogen (secondary N) is 1. The van der Waals surface area contributed by atoms with Crippen LogP contribution in [-0.2, 0) is 18.4 Å². The van der Waals surface area contributed by atoms with Gasteiger partial charge in [0, 0.05) is 6.42 Å². The Balaban J connectivity index is 4.04. The van der Waals surface area contributed by atoms with Crippen LogP contribution in [-0.4, -0.2) is 73.4 Å².